The van der Waals surface area contributed by atoms with E-state index in [9.17, 15) is 9.59 Å². The topological polar surface area (TPSA) is 67.4 Å². The number of ether oxygens (including phenoxy) is 1. The number of nitrogens with one attached hydrogen (secondary N) is 2. The Morgan fingerprint density at radius 3 is 2.67 bits per heavy atom. The number of methoxy groups -OCH3 is 1. The van der Waals surface area contributed by atoms with E-state index in [4.69, 9.17) is 4.74 Å². The monoisotopic (exact) mass is 256 g/mol. The van der Waals surface area contributed by atoms with E-state index in [1.165, 1.54) is 7.11 Å². The van der Waals surface area contributed by atoms with Crippen molar-refractivity contribution in [2.45, 2.75) is 51.6 Å². The number of carbonyl (C=O) groups is 2. The molecule has 0 aromatic rings. The molecule has 1 fully saturated rings. The van der Waals surface area contributed by atoms with Gasteiger partial charge in [-0.2, -0.15) is 0 Å². The van der Waals surface area contributed by atoms with Gasteiger partial charge in [-0.25, -0.2) is 4.79 Å². The fourth-order valence-electron chi connectivity index (χ4n) is 2.24. The number of amides is 1. The van der Waals surface area contributed by atoms with Gasteiger partial charge in [-0.1, -0.05) is 13.8 Å². The van der Waals surface area contributed by atoms with Crippen molar-refractivity contribution in [3.8, 4) is 0 Å². The molecule has 2 N–H and O–H groups in total. The van der Waals surface area contributed by atoms with Crippen molar-refractivity contribution >= 4 is 11.9 Å². The van der Waals surface area contributed by atoms with Gasteiger partial charge in [0.05, 0.1) is 7.11 Å². The number of esters is 1. The van der Waals surface area contributed by atoms with E-state index in [1.54, 1.807) is 0 Å². The van der Waals surface area contributed by atoms with Crippen LogP contribution in [0.4, 0.5) is 0 Å². The number of hydrogen-bond acceptors (Lipinski definition) is 4. The second kappa shape index (κ2) is 7.36. The highest BCUT2D eigenvalue weighted by Crippen LogP contribution is 2.10. The van der Waals surface area contributed by atoms with Crippen LogP contribution in [0.1, 0.15) is 39.5 Å². The second-order valence-electron chi connectivity index (χ2n) is 5.27. The van der Waals surface area contributed by atoms with Crippen LogP contribution in [0.15, 0.2) is 0 Å². The molecule has 0 spiro atoms. The van der Waals surface area contributed by atoms with Crippen molar-refractivity contribution in [1.29, 1.82) is 0 Å². The molecule has 0 saturated carbocycles. The molecular weight excluding hydrogens is 232 g/mol. The van der Waals surface area contributed by atoms with Crippen LogP contribution in [-0.4, -0.2) is 37.6 Å². The molecule has 1 aliphatic rings. The normalized spacial score (nSPS) is 20.8. The molecule has 0 bridgehead atoms. The molecule has 104 valence electrons. The van der Waals surface area contributed by atoms with Crippen LogP contribution in [0, 0.1) is 5.92 Å². The van der Waals surface area contributed by atoms with Gasteiger partial charge >= 0.3 is 5.97 Å². The summed E-state index contributed by atoms with van der Waals surface area (Å²) in [5.74, 6) is -0.110. The fourth-order valence-corrected chi connectivity index (χ4v) is 2.24. The first-order valence-electron chi connectivity index (χ1n) is 6.63. The van der Waals surface area contributed by atoms with E-state index < -0.39 is 6.04 Å². The molecule has 0 aromatic carbocycles. The summed E-state index contributed by atoms with van der Waals surface area (Å²) in [6.07, 6.45) is 3.19. The summed E-state index contributed by atoms with van der Waals surface area (Å²) in [5.41, 5.74) is 0. The summed E-state index contributed by atoms with van der Waals surface area (Å²) >= 11 is 0. The van der Waals surface area contributed by atoms with Crippen LogP contribution in [-0.2, 0) is 14.3 Å². The Bertz CT molecular complexity index is 286. The smallest absolute Gasteiger partial charge is 0.328 e. The van der Waals surface area contributed by atoms with Gasteiger partial charge in [-0.15, -0.1) is 0 Å². The lowest BCUT2D eigenvalue weighted by atomic mass is 10.0. The minimum atomic E-state index is -0.524. The molecule has 1 rings (SSSR count). The van der Waals surface area contributed by atoms with E-state index in [1.807, 2.05) is 13.8 Å². The third kappa shape index (κ3) is 5.04. The predicted octanol–water partition coefficient (Wildman–Crippen LogP) is 0.832. The summed E-state index contributed by atoms with van der Waals surface area (Å²) in [5, 5.41) is 6.04. The highest BCUT2D eigenvalue weighted by Gasteiger charge is 2.24. The minimum Gasteiger partial charge on any atom is -0.467 e. The maximum Gasteiger partial charge on any atom is 0.328 e. The lowest BCUT2D eigenvalue weighted by molar-refractivity contribution is -0.145. The Balaban J connectivity index is 2.42. The van der Waals surface area contributed by atoms with Gasteiger partial charge in [0.15, 0.2) is 0 Å². The quantitative estimate of drug-likeness (QED) is 0.691. The summed E-state index contributed by atoms with van der Waals surface area (Å²) in [7, 11) is 1.35. The Labute approximate surface area is 109 Å². The third-order valence-electron chi connectivity index (χ3n) is 3.12. The zero-order valence-corrected chi connectivity index (χ0v) is 11.5. The Morgan fingerprint density at radius 2 is 2.17 bits per heavy atom. The lowest BCUT2D eigenvalue weighted by Crippen LogP contribution is -2.44. The van der Waals surface area contributed by atoms with Gasteiger partial charge in [-0.3, -0.25) is 4.79 Å². The van der Waals surface area contributed by atoms with Crippen molar-refractivity contribution in [2.75, 3.05) is 13.7 Å². The average Bonchev–Trinajstić information content (AvgIpc) is 2.79. The van der Waals surface area contributed by atoms with Crippen LogP contribution in [0.25, 0.3) is 0 Å². The van der Waals surface area contributed by atoms with Crippen LogP contribution >= 0.6 is 0 Å². The van der Waals surface area contributed by atoms with E-state index >= 15 is 0 Å². The summed E-state index contributed by atoms with van der Waals surface area (Å²) < 4.78 is 4.71. The summed E-state index contributed by atoms with van der Waals surface area (Å²) in [6, 6.07) is -0.272. The third-order valence-corrected chi connectivity index (χ3v) is 3.12. The van der Waals surface area contributed by atoms with Crippen molar-refractivity contribution in [3.63, 3.8) is 0 Å². The van der Waals surface area contributed by atoms with Crippen LogP contribution in [0.2, 0.25) is 0 Å². The second-order valence-corrected chi connectivity index (χ2v) is 5.27. The first kappa shape index (κ1) is 15.0. The van der Waals surface area contributed by atoms with Gasteiger partial charge in [-0.05, 0) is 31.7 Å². The molecule has 0 radical (unpaired) electrons. The van der Waals surface area contributed by atoms with Crippen LogP contribution < -0.4 is 10.6 Å². The van der Waals surface area contributed by atoms with Crippen LogP contribution in [0.3, 0.4) is 0 Å². The Morgan fingerprint density at radius 1 is 1.44 bits per heavy atom. The molecule has 1 aliphatic heterocycles. The predicted molar refractivity (Wildman–Crippen MR) is 69.0 cm³/mol. The largest absolute Gasteiger partial charge is 0.467 e. The molecule has 0 aliphatic carbocycles. The minimum absolute atomic E-state index is 0.0783. The van der Waals surface area contributed by atoms with E-state index in [-0.39, 0.29) is 17.9 Å². The Hall–Kier alpha value is -1.10. The highest BCUT2D eigenvalue weighted by molar-refractivity contribution is 5.84. The maximum absolute atomic E-state index is 11.9. The molecule has 2 atom stereocenters. The molecule has 0 aromatic heterocycles. The van der Waals surface area contributed by atoms with Crippen molar-refractivity contribution in [1.82, 2.24) is 10.6 Å². The average molecular weight is 256 g/mol. The van der Waals surface area contributed by atoms with E-state index in [0.717, 1.165) is 19.4 Å². The molecule has 18 heavy (non-hydrogen) atoms. The van der Waals surface area contributed by atoms with Crippen molar-refractivity contribution in [3.05, 3.63) is 0 Å². The fraction of sp³-hybridized carbons (Fsp3) is 0.846. The first-order chi connectivity index (χ1) is 8.52. The number of hydrogen-bond donors (Lipinski definition) is 2. The van der Waals surface area contributed by atoms with Crippen molar-refractivity contribution in [2.24, 2.45) is 5.92 Å². The molecule has 5 heteroatoms. The van der Waals surface area contributed by atoms with Gasteiger partial charge < -0.3 is 15.4 Å². The van der Waals surface area contributed by atoms with Crippen LogP contribution in [0.5, 0.6) is 0 Å². The summed E-state index contributed by atoms with van der Waals surface area (Å²) in [6.45, 7) is 5.01. The molecular formula is C13H24N2O3. The van der Waals surface area contributed by atoms with Gasteiger partial charge in [0.25, 0.3) is 0 Å². The van der Waals surface area contributed by atoms with Crippen molar-refractivity contribution < 1.29 is 14.3 Å². The van der Waals surface area contributed by atoms with Gasteiger partial charge in [0, 0.05) is 12.5 Å². The summed E-state index contributed by atoms with van der Waals surface area (Å²) in [4.78, 5) is 23.4. The first-order valence-corrected chi connectivity index (χ1v) is 6.63. The molecule has 1 amide bonds. The van der Waals surface area contributed by atoms with E-state index in [2.05, 4.69) is 10.6 Å². The molecule has 1 saturated heterocycles. The molecule has 2 unspecified atom stereocenters. The van der Waals surface area contributed by atoms with Gasteiger partial charge in [0.2, 0.25) is 5.91 Å². The highest BCUT2D eigenvalue weighted by atomic mass is 16.5. The maximum atomic E-state index is 11.9. The zero-order chi connectivity index (χ0) is 13.5. The molecule has 1 heterocycles. The number of rotatable bonds is 6. The Kier molecular flexibility index (Phi) is 6.12. The lowest BCUT2D eigenvalue weighted by Gasteiger charge is -2.19. The standard InChI is InChI=1S/C13H24N2O3/c1-9(2)7-11(13(17)18-3)15-12(16)8-10-5-4-6-14-10/h9-11,14H,4-8H2,1-3H3,(H,15,16). The van der Waals surface area contributed by atoms with Gasteiger partial charge in [0.1, 0.15) is 6.04 Å². The molecule has 5 nitrogen and oxygen atoms in total. The SMILES string of the molecule is COC(=O)C(CC(C)C)NC(=O)CC1CCCN1. The van der Waals surface area contributed by atoms with E-state index in [0.29, 0.717) is 18.8 Å². The zero-order valence-electron chi connectivity index (χ0n) is 11.5. The number of carbonyl (C=O) groups excluding carboxylic acids is 2.